The molecule has 16 heavy (non-hydrogen) atoms. The molecule has 0 amide bonds. The smallest absolute Gasteiger partial charge is 0.0401 e. The normalized spacial score (nSPS) is 17.4. The summed E-state index contributed by atoms with van der Waals surface area (Å²) in [6.07, 6.45) is 2.61. The number of rotatable bonds is 2. The lowest BCUT2D eigenvalue weighted by atomic mass is 10.0. The van der Waals surface area contributed by atoms with Crippen LogP contribution in [0.15, 0.2) is 12.1 Å². The summed E-state index contributed by atoms with van der Waals surface area (Å²) in [5.74, 6) is 2.61. The summed E-state index contributed by atoms with van der Waals surface area (Å²) in [5, 5.41) is 3.73. The molecule has 0 bridgehead atoms. The molecule has 1 aromatic rings. The zero-order chi connectivity index (χ0) is 11.5. The maximum atomic E-state index is 3.73. The Bertz CT molecular complexity index is 344. The summed E-state index contributed by atoms with van der Waals surface area (Å²) in [7, 11) is 0. The Morgan fingerprint density at radius 2 is 1.62 bits per heavy atom. The lowest BCUT2D eigenvalue weighted by Crippen LogP contribution is -2.25. The minimum atomic E-state index is 0.682. The summed E-state index contributed by atoms with van der Waals surface area (Å²) in [6, 6.07) is 5.22. The molecule has 0 spiro atoms. The SMILES string of the molecule is Cc1cc(C)c(NC2CCSCC2)c(C)c1. The Labute approximate surface area is 103 Å². The van der Waals surface area contributed by atoms with Gasteiger partial charge in [0.05, 0.1) is 0 Å². The second-order valence-electron chi connectivity index (χ2n) is 4.80. The minimum Gasteiger partial charge on any atom is -0.382 e. The van der Waals surface area contributed by atoms with E-state index in [9.17, 15) is 0 Å². The van der Waals surface area contributed by atoms with Crippen LogP contribution < -0.4 is 5.32 Å². The van der Waals surface area contributed by atoms with Gasteiger partial charge in [-0.3, -0.25) is 0 Å². The van der Waals surface area contributed by atoms with Gasteiger partial charge in [0.1, 0.15) is 0 Å². The van der Waals surface area contributed by atoms with E-state index in [1.54, 1.807) is 0 Å². The number of benzene rings is 1. The van der Waals surface area contributed by atoms with E-state index in [2.05, 4.69) is 50.0 Å². The molecule has 1 aliphatic rings. The molecule has 1 aromatic carbocycles. The lowest BCUT2D eigenvalue weighted by molar-refractivity contribution is 0.665. The second-order valence-corrected chi connectivity index (χ2v) is 6.03. The molecule has 0 aromatic heterocycles. The van der Waals surface area contributed by atoms with Crippen molar-refractivity contribution in [2.45, 2.75) is 39.7 Å². The van der Waals surface area contributed by atoms with Gasteiger partial charge in [-0.2, -0.15) is 11.8 Å². The van der Waals surface area contributed by atoms with Crippen molar-refractivity contribution in [3.63, 3.8) is 0 Å². The largest absolute Gasteiger partial charge is 0.382 e. The van der Waals surface area contributed by atoms with Gasteiger partial charge in [0.2, 0.25) is 0 Å². The van der Waals surface area contributed by atoms with Crippen molar-refractivity contribution in [3.05, 3.63) is 28.8 Å². The summed E-state index contributed by atoms with van der Waals surface area (Å²) in [5.41, 5.74) is 5.49. The first-order valence-corrected chi connectivity index (χ1v) is 7.24. The Balaban J connectivity index is 2.14. The number of aryl methyl sites for hydroxylation is 3. The average Bonchev–Trinajstić information content (AvgIpc) is 2.25. The molecule has 1 aliphatic heterocycles. The highest BCUT2D eigenvalue weighted by Gasteiger charge is 2.15. The molecule has 0 aliphatic carbocycles. The molecule has 1 saturated heterocycles. The van der Waals surface area contributed by atoms with Crippen molar-refractivity contribution < 1.29 is 0 Å². The van der Waals surface area contributed by atoms with Crippen LogP contribution >= 0.6 is 11.8 Å². The molecule has 1 nitrogen and oxygen atoms in total. The fourth-order valence-electron chi connectivity index (χ4n) is 2.45. The van der Waals surface area contributed by atoms with Crippen molar-refractivity contribution in [1.82, 2.24) is 0 Å². The van der Waals surface area contributed by atoms with Gasteiger partial charge in [0.25, 0.3) is 0 Å². The Hall–Kier alpha value is -0.630. The standard InChI is InChI=1S/C14H21NS/c1-10-8-11(2)14(12(3)9-10)15-13-4-6-16-7-5-13/h8-9,13,15H,4-7H2,1-3H3. The first-order chi connectivity index (χ1) is 7.66. The third kappa shape index (κ3) is 2.73. The zero-order valence-corrected chi connectivity index (χ0v) is 11.3. The molecule has 0 saturated carbocycles. The lowest BCUT2D eigenvalue weighted by Gasteiger charge is -2.25. The highest BCUT2D eigenvalue weighted by Crippen LogP contribution is 2.26. The van der Waals surface area contributed by atoms with Gasteiger partial charge in [0, 0.05) is 11.7 Å². The molecule has 0 atom stereocenters. The zero-order valence-electron chi connectivity index (χ0n) is 10.5. The highest BCUT2D eigenvalue weighted by atomic mass is 32.2. The number of anilines is 1. The maximum Gasteiger partial charge on any atom is 0.0401 e. The Morgan fingerprint density at radius 1 is 1.06 bits per heavy atom. The summed E-state index contributed by atoms with van der Waals surface area (Å²) in [6.45, 7) is 6.58. The molecule has 2 rings (SSSR count). The first-order valence-electron chi connectivity index (χ1n) is 6.09. The van der Waals surface area contributed by atoms with Gasteiger partial charge < -0.3 is 5.32 Å². The van der Waals surface area contributed by atoms with Gasteiger partial charge >= 0.3 is 0 Å². The van der Waals surface area contributed by atoms with Crippen molar-refractivity contribution in [3.8, 4) is 0 Å². The molecule has 1 N–H and O–H groups in total. The maximum absolute atomic E-state index is 3.73. The first kappa shape index (κ1) is 11.8. The van der Waals surface area contributed by atoms with Crippen LogP contribution in [0.1, 0.15) is 29.5 Å². The molecule has 2 heteroatoms. The monoisotopic (exact) mass is 235 g/mol. The van der Waals surface area contributed by atoms with Crippen LogP contribution in [0.2, 0.25) is 0 Å². The summed E-state index contributed by atoms with van der Waals surface area (Å²) < 4.78 is 0. The van der Waals surface area contributed by atoms with Crippen LogP contribution in [-0.2, 0) is 0 Å². The molecule has 1 fully saturated rings. The van der Waals surface area contributed by atoms with E-state index in [4.69, 9.17) is 0 Å². The summed E-state index contributed by atoms with van der Waals surface area (Å²) in [4.78, 5) is 0. The van der Waals surface area contributed by atoms with E-state index < -0.39 is 0 Å². The number of thioether (sulfide) groups is 1. The van der Waals surface area contributed by atoms with Crippen LogP contribution in [0.5, 0.6) is 0 Å². The predicted molar refractivity (Wildman–Crippen MR) is 74.6 cm³/mol. The Morgan fingerprint density at radius 3 is 2.19 bits per heavy atom. The van der Waals surface area contributed by atoms with Crippen molar-refractivity contribution >= 4 is 17.4 Å². The fourth-order valence-corrected chi connectivity index (χ4v) is 3.56. The highest BCUT2D eigenvalue weighted by molar-refractivity contribution is 7.99. The molecular weight excluding hydrogens is 214 g/mol. The average molecular weight is 235 g/mol. The van der Waals surface area contributed by atoms with Crippen molar-refractivity contribution in [2.75, 3.05) is 16.8 Å². The van der Waals surface area contributed by atoms with E-state index in [0.717, 1.165) is 0 Å². The Kier molecular flexibility index (Phi) is 3.80. The number of hydrogen-bond acceptors (Lipinski definition) is 2. The minimum absolute atomic E-state index is 0.682. The van der Waals surface area contributed by atoms with E-state index in [-0.39, 0.29) is 0 Å². The third-order valence-corrected chi connectivity index (χ3v) is 4.30. The molecule has 0 unspecified atom stereocenters. The third-order valence-electron chi connectivity index (χ3n) is 3.25. The van der Waals surface area contributed by atoms with Gasteiger partial charge in [-0.15, -0.1) is 0 Å². The molecule has 1 heterocycles. The van der Waals surface area contributed by atoms with Crippen LogP contribution in [0.4, 0.5) is 5.69 Å². The van der Waals surface area contributed by atoms with Crippen molar-refractivity contribution in [2.24, 2.45) is 0 Å². The van der Waals surface area contributed by atoms with E-state index in [1.807, 2.05) is 0 Å². The fraction of sp³-hybridized carbons (Fsp3) is 0.571. The van der Waals surface area contributed by atoms with Crippen LogP contribution in [0.25, 0.3) is 0 Å². The quantitative estimate of drug-likeness (QED) is 0.834. The van der Waals surface area contributed by atoms with Gasteiger partial charge in [-0.05, 0) is 56.2 Å². The molecule has 0 radical (unpaired) electrons. The predicted octanol–water partition coefficient (Wildman–Crippen LogP) is 3.92. The summed E-state index contributed by atoms with van der Waals surface area (Å²) >= 11 is 2.08. The van der Waals surface area contributed by atoms with Gasteiger partial charge in [-0.25, -0.2) is 0 Å². The second kappa shape index (κ2) is 5.13. The van der Waals surface area contributed by atoms with Crippen LogP contribution in [-0.4, -0.2) is 17.5 Å². The van der Waals surface area contributed by atoms with Gasteiger partial charge in [0.15, 0.2) is 0 Å². The molecular formula is C14H21NS. The van der Waals surface area contributed by atoms with E-state index in [1.165, 1.54) is 46.7 Å². The van der Waals surface area contributed by atoms with Crippen LogP contribution in [0, 0.1) is 20.8 Å². The number of nitrogens with one attached hydrogen (secondary N) is 1. The van der Waals surface area contributed by atoms with Crippen LogP contribution in [0.3, 0.4) is 0 Å². The number of hydrogen-bond donors (Lipinski definition) is 1. The van der Waals surface area contributed by atoms with Crippen molar-refractivity contribution in [1.29, 1.82) is 0 Å². The van der Waals surface area contributed by atoms with Gasteiger partial charge in [-0.1, -0.05) is 17.7 Å². The van der Waals surface area contributed by atoms with E-state index >= 15 is 0 Å². The topological polar surface area (TPSA) is 12.0 Å². The van der Waals surface area contributed by atoms with E-state index in [0.29, 0.717) is 6.04 Å². The molecule has 88 valence electrons.